The molecule has 1 fully saturated rings. The Bertz CT molecular complexity index is 1400. The molecule has 0 spiro atoms. The van der Waals surface area contributed by atoms with Gasteiger partial charge < -0.3 is 25.1 Å². The summed E-state index contributed by atoms with van der Waals surface area (Å²) in [5.41, 5.74) is 6.21. The number of amides is 2. The summed E-state index contributed by atoms with van der Waals surface area (Å²) in [6, 6.07) is 9.59. The zero-order valence-corrected chi connectivity index (χ0v) is 18.7. The van der Waals surface area contributed by atoms with Gasteiger partial charge >= 0.3 is 0 Å². The summed E-state index contributed by atoms with van der Waals surface area (Å²) >= 11 is 1.36. The average molecular weight is 481 g/mol. The zero-order chi connectivity index (χ0) is 23.7. The standard InChI is InChI=1S/C22H20N6O5S/c23-20(30)13-3-5-14(6-4-13)24-16(29)12-28-21(31)18-19(17(26-28)15-2-1-9-33-15)34-22(25-18)27-7-10-32-11-8-27/h1-6,9H,7-8,10-12H2,(H2,23,30)(H,24,29). The highest BCUT2D eigenvalue weighted by molar-refractivity contribution is 7.22. The number of carbonyl (C=O) groups excluding carboxylic acids is 2. The van der Waals surface area contributed by atoms with Crippen LogP contribution in [0.15, 0.2) is 51.9 Å². The van der Waals surface area contributed by atoms with Crippen molar-refractivity contribution in [1.82, 2.24) is 14.8 Å². The number of fused-ring (bicyclic) bond motifs is 1. The lowest BCUT2D eigenvalue weighted by atomic mass is 10.2. The molecule has 0 unspecified atom stereocenters. The highest BCUT2D eigenvalue weighted by Gasteiger charge is 2.23. The third-order valence-electron chi connectivity index (χ3n) is 5.27. The van der Waals surface area contributed by atoms with Crippen LogP contribution >= 0.6 is 11.3 Å². The van der Waals surface area contributed by atoms with Crippen molar-refractivity contribution < 1.29 is 18.7 Å². The second kappa shape index (κ2) is 9.08. The minimum atomic E-state index is -0.563. The minimum Gasteiger partial charge on any atom is -0.463 e. The molecule has 1 saturated heterocycles. The lowest BCUT2D eigenvalue weighted by Gasteiger charge is -2.25. The summed E-state index contributed by atoms with van der Waals surface area (Å²) in [7, 11) is 0. The summed E-state index contributed by atoms with van der Waals surface area (Å²) in [5.74, 6) is -0.555. The van der Waals surface area contributed by atoms with Gasteiger partial charge in [0.15, 0.2) is 16.4 Å². The first-order valence-corrected chi connectivity index (χ1v) is 11.3. The highest BCUT2D eigenvalue weighted by atomic mass is 32.1. The van der Waals surface area contributed by atoms with E-state index in [1.165, 1.54) is 29.7 Å². The van der Waals surface area contributed by atoms with E-state index in [0.717, 1.165) is 4.68 Å². The summed E-state index contributed by atoms with van der Waals surface area (Å²) in [5, 5.41) is 7.82. The van der Waals surface area contributed by atoms with Gasteiger partial charge in [-0.3, -0.25) is 14.4 Å². The number of rotatable bonds is 6. The van der Waals surface area contributed by atoms with E-state index < -0.39 is 17.4 Å². The van der Waals surface area contributed by atoms with E-state index in [9.17, 15) is 14.4 Å². The fraction of sp³-hybridized carbons (Fsp3) is 0.227. The molecule has 34 heavy (non-hydrogen) atoms. The first-order valence-electron chi connectivity index (χ1n) is 10.5. The Morgan fingerprint density at radius 3 is 2.59 bits per heavy atom. The van der Waals surface area contributed by atoms with Gasteiger partial charge in [-0.05, 0) is 36.4 Å². The van der Waals surface area contributed by atoms with Crippen LogP contribution in [0.3, 0.4) is 0 Å². The lowest BCUT2D eigenvalue weighted by molar-refractivity contribution is -0.117. The monoisotopic (exact) mass is 480 g/mol. The SMILES string of the molecule is NC(=O)c1ccc(NC(=O)Cn2nc(-c3ccco3)c3sc(N4CCOCC4)nc3c2=O)cc1. The fourth-order valence-corrected chi connectivity index (χ4v) is 4.67. The predicted molar refractivity (Wildman–Crippen MR) is 126 cm³/mol. The number of hydrogen-bond acceptors (Lipinski definition) is 9. The highest BCUT2D eigenvalue weighted by Crippen LogP contribution is 2.34. The quantitative estimate of drug-likeness (QED) is 0.424. The number of thiazole rings is 1. The maximum absolute atomic E-state index is 13.2. The van der Waals surface area contributed by atoms with Gasteiger partial charge in [0.25, 0.3) is 5.56 Å². The third kappa shape index (κ3) is 4.28. The number of furan rings is 1. The van der Waals surface area contributed by atoms with Gasteiger partial charge in [0.2, 0.25) is 11.8 Å². The van der Waals surface area contributed by atoms with E-state index in [1.54, 1.807) is 24.3 Å². The largest absolute Gasteiger partial charge is 0.463 e. The maximum atomic E-state index is 13.2. The van der Waals surface area contributed by atoms with Crippen LogP contribution in [0.1, 0.15) is 10.4 Å². The van der Waals surface area contributed by atoms with Crippen molar-refractivity contribution in [2.24, 2.45) is 5.73 Å². The first-order chi connectivity index (χ1) is 16.5. The number of anilines is 2. The van der Waals surface area contributed by atoms with E-state index in [2.05, 4.69) is 20.3 Å². The average Bonchev–Trinajstić information content (AvgIpc) is 3.53. The molecule has 12 heteroatoms. The minimum absolute atomic E-state index is 0.228. The van der Waals surface area contributed by atoms with E-state index in [-0.39, 0.29) is 12.1 Å². The van der Waals surface area contributed by atoms with Crippen molar-refractivity contribution in [3.05, 3.63) is 58.6 Å². The van der Waals surface area contributed by atoms with Crippen LogP contribution in [0.5, 0.6) is 0 Å². The Labute approximate surface area is 196 Å². The number of nitrogens with zero attached hydrogens (tertiary/aromatic N) is 4. The molecule has 1 aliphatic rings. The number of carbonyl (C=O) groups is 2. The number of ether oxygens (including phenoxy) is 1. The molecule has 174 valence electrons. The van der Waals surface area contributed by atoms with Crippen molar-refractivity contribution in [3.8, 4) is 11.5 Å². The smallest absolute Gasteiger partial charge is 0.294 e. The zero-order valence-electron chi connectivity index (χ0n) is 17.9. The van der Waals surface area contributed by atoms with Crippen molar-refractivity contribution in [3.63, 3.8) is 0 Å². The Balaban J connectivity index is 1.48. The fourth-order valence-electron chi connectivity index (χ4n) is 3.57. The topological polar surface area (TPSA) is 146 Å². The van der Waals surface area contributed by atoms with Crippen molar-refractivity contribution in [1.29, 1.82) is 0 Å². The van der Waals surface area contributed by atoms with Crippen molar-refractivity contribution in [2.75, 3.05) is 36.5 Å². The molecule has 3 N–H and O–H groups in total. The molecule has 1 aliphatic heterocycles. The number of aromatic nitrogens is 3. The van der Waals surface area contributed by atoms with Gasteiger partial charge in [0, 0.05) is 24.3 Å². The molecule has 2 amide bonds. The van der Waals surface area contributed by atoms with Crippen LogP contribution in [0.4, 0.5) is 10.8 Å². The number of morpholine rings is 1. The van der Waals surface area contributed by atoms with E-state index in [4.69, 9.17) is 14.9 Å². The summed E-state index contributed by atoms with van der Waals surface area (Å²) in [6.07, 6.45) is 1.52. The molecule has 0 bridgehead atoms. The van der Waals surface area contributed by atoms with Gasteiger partial charge in [-0.25, -0.2) is 9.67 Å². The molecule has 3 aromatic heterocycles. The van der Waals surface area contributed by atoms with E-state index in [0.29, 0.717) is 58.8 Å². The lowest BCUT2D eigenvalue weighted by Crippen LogP contribution is -2.36. The molecule has 4 aromatic rings. The van der Waals surface area contributed by atoms with E-state index >= 15 is 0 Å². The molecule has 11 nitrogen and oxygen atoms in total. The molecule has 0 radical (unpaired) electrons. The van der Waals surface area contributed by atoms with Crippen LogP contribution in [0.2, 0.25) is 0 Å². The molecule has 0 atom stereocenters. The number of benzene rings is 1. The first kappa shape index (κ1) is 21.8. The Morgan fingerprint density at radius 2 is 1.91 bits per heavy atom. The van der Waals surface area contributed by atoms with Crippen LogP contribution in [0, 0.1) is 0 Å². The summed E-state index contributed by atoms with van der Waals surface area (Å²) in [6.45, 7) is 2.20. The van der Waals surface area contributed by atoms with Gasteiger partial charge in [-0.1, -0.05) is 11.3 Å². The predicted octanol–water partition coefficient (Wildman–Crippen LogP) is 1.69. The second-order valence-corrected chi connectivity index (χ2v) is 8.53. The third-order valence-corrected chi connectivity index (χ3v) is 6.39. The van der Waals surface area contributed by atoms with Gasteiger partial charge in [0.1, 0.15) is 12.2 Å². The molecule has 0 saturated carbocycles. The molecule has 1 aromatic carbocycles. The number of primary amides is 1. The Morgan fingerprint density at radius 1 is 1.15 bits per heavy atom. The molecular formula is C22H20N6O5S. The van der Waals surface area contributed by atoms with Crippen molar-refractivity contribution >= 4 is 44.2 Å². The molecule has 4 heterocycles. The van der Waals surface area contributed by atoms with Crippen LogP contribution in [0.25, 0.3) is 21.7 Å². The Hall–Kier alpha value is -4.03. The number of nitrogens with two attached hydrogens (primary N) is 1. The summed E-state index contributed by atoms with van der Waals surface area (Å²) in [4.78, 5) is 43.7. The number of hydrogen-bond donors (Lipinski definition) is 2. The Kier molecular flexibility index (Phi) is 5.82. The van der Waals surface area contributed by atoms with Crippen molar-refractivity contribution in [2.45, 2.75) is 6.54 Å². The van der Waals surface area contributed by atoms with Gasteiger partial charge in [-0.15, -0.1) is 0 Å². The van der Waals surface area contributed by atoms with Gasteiger partial charge in [-0.2, -0.15) is 5.10 Å². The normalized spacial score (nSPS) is 13.8. The second-order valence-electron chi connectivity index (χ2n) is 7.55. The summed E-state index contributed by atoms with van der Waals surface area (Å²) < 4.78 is 12.6. The van der Waals surface area contributed by atoms with Crippen LogP contribution < -0.4 is 21.5 Å². The van der Waals surface area contributed by atoms with Crippen LogP contribution in [-0.2, 0) is 16.1 Å². The molecule has 0 aliphatic carbocycles. The van der Waals surface area contributed by atoms with E-state index in [1.807, 2.05) is 0 Å². The number of nitrogens with one attached hydrogen (secondary N) is 1. The van der Waals surface area contributed by atoms with Crippen LogP contribution in [-0.4, -0.2) is 52.9 Å². The molecule has 5 rings (SSSR count). The molecular weight excluding hydrogens is 460 g/mol. The van der Waals surface area contributed by atoms with Gasteiger partial charge in [0.05, 0.1) is 24.2 Å². The maximum Gasteiger partial charge on any atom is 0.294 e.